The maximum Gasteiger partial charge on any atom is 0.222 e. The summed E-state index contributed by atoms with van der Waals surface area (Å²) in [5, 5.41) is 3.37. The van der Waals surface area contributed by atoms with Crippen LogP contribution in [0, 0.1) is 0 Å². The fourth-order valence-corrected chi connectivity index (χ4v) is 2.07. The zero-order valence-corrected chi connectivity index (χ0v) is 6.84. The molecule has 3 nitrogen and oxygen atoms in total. The molecule has 2 unspecified atom stereocenters. The van der Waals surface area contributed by atoms with E-state index in [2.05, 4.69) is 5.32 Å². The maximum absolute atomic E-state index is 11.3. The lowest BCUT2D eigenvalue weighted by Gasteiger charge is -2.26. The van der Waals surface area contributed by atoms with Gasteiger partial charge in [0.25, 0.3) is 0 Å². The topological polar surface area (TPSA) is 32.3 Å². The van der Waals surface area contributed by atoms with E-state index in [1.165, 1.54) is 6.42 Å². The van der Waals surface area contributed by atoms with Crippen LogP contribution in [0.2, 0.25) is 0 Å². The predicted octanol–water partition coefficient (Wildman–Crippen LogP) is -0.0309. The van der Waals surface area contributed by atoms with E-state index in [-0.39, 0.29) is 0 Å². The van der Waals surface area contributed by atoms with Crippen molar-refractivity contribution in [2.75, 3.05) is 13.1 Å². The van der Waals surface area contributed by atoms with Gasteiger partial charge in [0.2, 0.25) is 5.91 Å². The molecule has 2 aliphatic rings. The molecule has 2 fully saturated rings. The number of hydrogen-bond donors (Lipinski definition) is 1. The van der Waals surface area contributed by atoms with E-state index in [4.69, 9.17) is 0 Å². The minimum Gasteiger partial charge on any atom is -0.337 e. The van der Waals surface area contributed by atoms with Gasteiger partial charge in [-0.1, -0.05) is 6.92 Å². The first-order valence-corrected chi connectivity index (χ1v) is 4.34. The summed E-state index contributed by atoms with van der Waals surface area (Å²) in [7, 11) is 0. The zero-order chi connectivity index (χ0) is 7.84. The van der Waals surface area contributed by atoms with Crippen LogP contribution < -0.4 is 5.32 Å². The Kier molecular flexibility index (Phi) is 1.60. The molecule has 0 spiro atoms. The number of piperazine rings is 1. The average Bonchev–Trinajstić information content (AvgIpc) is 2.62. The first kappa shape index (κ1) is 7.10. The van der Waals surface area contributed by atoms with Crippen molar-refractivity contribution >= 4 is 5.91 Å². The lowest BCUT2D eigenvalue weighted by molar-refractivity contribution is -0.132. The number of rotatable bonds is 1. The molecule has 3 heteroatoms. The van der Waals surface area contributed by atoms with Crippen LogP contribution in [-0.4, -0.2) is 36.0 Å². The highest BCUT2D eigenvalue weighted by Crippen LogP contribution is 2.23. The molecule has 0 aromatic carbocycles. The summed E-state index contributed by atoms with van der Waals surface area (Å²) in [5.41, 5.74) is 0. The first-order valence-electron chi connectivity index (χ1n) is 4.34. The Bertz CT molecular complexity index is 181. The molecule has 1 N–H and O–H groups in total. The average molecular weight is 154 g/mol. The largest absolute Gasteiger partial charge is 0.337 e. The minimum atomic E-state index is 0.319. The van der Waals surface area contributed by atoms with Crippen LogP contribution >= 0.6 is 0 Å². The molecule has 0 aliphatic carbocycles. The molecule has 2 atom stereocenters. The molecule has 62 valence electrons. The Morgan fingerprint density at radius 2 is 2.55 bits per heavy atom. The number of nitrogens with zero attached hydrogens (tertiary/aromatic N) is 1. The third-order valence-corrected chi connectivity index (χ3v) is 2.68. The van der Waals surface area contributed by atoms with Gasteiger partial charge in [-0.2, -0.15) is 0 Å². The Hall–Kier alpha value is -0.570. The van der Waals surface area contributed by atoms with Crippen LogP contribution in [0.25, 0.3) is 0 Å². The molecular formula is C8H14N2O. The molecule has 11 heavy (non-hydrogen) atoms. The van der Waals surface area contributed by atoms with Crippen molar-refractivity contribution in [1.82, 2.24) is 10.2 Å². The van der Waals surface area contributed by atoms with E-state index in [9.17, 15) is 4.79 Å². The van der Waals surface area contributed by atoms with Crippen LogP contribution in [-0.2, 0) is 4.79 Å². The van der Waals surface area contributed by atoms with Gasteiger partial charge >= 0.3 is 0 Å². The molecule has 2 saturated heterocycles. The zero-order valence-electron chi connectivity index (χ0n) is 6.84. The van der Waals surface area contributed by atoms with Crippen LogP contribution in [0.1, 0.15) is 19.8 Å². The maximum atomic E-state index is 11.3. The number of hydrogen-bond acceptors (Lipinski definition) is 2. The van der Waals surface area contributed by atoms with Gasteiger partial charge < -0.3 is 10.2 Å². The summed E-state index contributed by atoms with van der Waals surface area (Å²) < 4.78 is 0. The van der Waals surface area contributed by atoms with E-state index in [1.807, 2.05) is 11.8 Å². The predicted molar refractivity (Wildman–Crippen MR) is 42.2 cm³/mol. The van der Waals surface area contributed by atoms with Gasteiger partial charge in [0.05, 0.1) is 0 Å². The van der Waals surface area contributed by atoms with Crippen LogP contribution in [0.3, 0.4) is 0 Å². The van der Waals surface area contributed by atoms with E-state index in [0.29, 0.717) is 24.4 Å². The van der Waals surface area contributed by atoms with Crippen molar-refractivity contribution in [3.8, 4) is 0 Å². The molecular weight excluding hydrogens is 140 g/mol. The highest BCUT2D eigenvalue weighted by atomic mass is 16.2. The number of amides is 1. The van der Waals surface area contributed by atoms with E-state index in [1.54, 1.807) is 0 Å². The molecule has 1 amide bonds. The van der Waals surface area contributed by atoms with Crippen molar-refractivity contribution in [2.45, 2.75) is 31.8 Å². The second-order valence-corrected chi connectivity index (χ2v) is 3.39. The van der Waals surface area contributed by atoms with Gasteiger partial charge in [-0.15, -0.1) is 0 Å². The molecule has 0 saturated carbocycles. The molecule has 2 aliphatic heterocycles. The van der Waals surface area contributed by atoms with Crippen molar-refractivity contribution in [1.29, 1.82) is 0 Å². The fourth-order valence-electron chi connectivity index (χ4n) is 2.07. The number of nitrogens with one attached hydrogen (secondary N) is 1. The Morgan fingerprint density at radius 3 is 3.00 bits per heavy atom. The third-order valence-electron chi connectivity index (χ3n) is 2.68. The number of fused-ring (bicyclic) bond motifs is 2. The van der Waals surface area contributed by atoms with Crippen LogP contribution in [0.15, 0.2) is 0 Å². The highest BCUT2D eigenvalue weighted by Gasteiger charge is 2.39. The Balaban J connectivity index is 2.02. The lowest BCUT2D eigenvalue weighted by atomic mass is 10.2. The number of carbonyl (C=O) groups is 1. The third kappa shape index (κ3) is 1.03. The molecule has 0 aromatic rings. The summed E-state index contributed by atoms with van der Waals surface area (Å²) in [6.45, 7) is 3.88. The van der Waals surface area contributed by atoms with Crippen molar-refractivity contribution in [3.05, 3.63) is 0 Å². The lowest BCUT2D eigenvalue weighted by Crippen LogP contribution is -2.46. The molecule has 2 heterocycles. The standard InChI is InChI=1S/C8H14N2O/c1-2-8(11)10-5-6-3-7(10)4-9-6/h6-7,9H,2-5H2,1H3. The summed E-state index contributed by atoms with van der Waals surface area (Å²) in [6.07, 6.45) is 1.83. The normalized spacial score (nSPS) is 34.8. The van der Waals surface area contributed by atoms with Gasteiger partial charge in [-0.25, -0.2) is 0 Å². The molecule has 0 aromatic heterocycles. The van der Waals surface area contributed by atoms with Crippen molar-refractivity contribution in [3.63, 3.8) is 0 Å². The van der Waals surface area contributed by atoms with Crippen molar-refractivity contribution in [2.24, 2.45) is 0 Å². The Labute approximate surface area is 66.8 Å². The quantitative estimate of drug-likeness (QED) is 0.575. The highest BCUT2D eigenvalue weighted by molar-refractivity contribution is 5.76. The molecule has 2 rings (SSSR count). The second kappa shape index (κ2) is 2.48. The molecule has 0 radical (unpaired) electrons. The van der Waals surface area contributed by atoms with Crippen LogP contribution in [0.4, 0.5) is 0 Å². The van der Waals surface area contributed by atoms with E-state index in [0.717, 1.165) is 13.1 Å². The Morgan fingerprint density at radius 1 is 1.73 bits per heavy atom. The smallest absolute Gasteiger partial charge is 0.222 e. The summed E-state index contributed by atoms with van der Waals surface area (Å²) in [4.78, 5) is 13.3. The van der Waals surface area contributed by atoms with Gasteiger partial charge in [0.15, 0.2) is 0 Å². The van der Waals surface area contributed by atoms with Gasteiger partial charge in [0, 0.05) is 31.6 Å². The van der Waals surface area contributed by atoms with Gasteiger partial charge in [-0.3, -0.25) is 4.79 Å². The SMILES string of the molecule is CCC(=O)N1CC2CC1CN2. The number of likely N-dealkylation sites (tertiary alicyclic amines) is 1. The monoisotopic (exact) mass is 154 g/mol. The van der Waals surface area contributed by atoms with E-state index >= 15 is 0 Å². The van der Waals surface area contributed by atoms with E-state index < -0.39 is 0 Å². The summed E-state index contributed by atoms with van der Waals surface area (Å²) >= 11 is 0. The van der Waals surface area contributed by atoms with Crippen molar-refractivity contribution < 1.29 is 4.79 Å². The minimum absolute atomic E-state index is 0.319. The molecule has 2 bridgehead atoms. The summed E-state index contributed by atoms with van der Waals surface area (Å²) in [6, 6.07) is 1.10. The van der Waals surface area contributed by atoms with Crippen LogP contribution in [0.5, 0.6) is 0 Å². The van der Waals surface area contributed by atoms with Gasteiger partial charge in [-0.05, 0) is 6.42 Å². The first-order chi connectivity index (χ1) is 5.31. The number of carbonyl (C=O) groups excluding carboxylic acids is 1. The fraction of sp³-hybridized carbons (Fsp3) is 0.875. The van der Waals surface area contributed by atoms with Gasteiger partial charge in [0.1, 0.15) is 0 Å². The second-order valence-electron chi connectivity index (χ2n) is 3.39. The summed E-state index contributed by atoms with van der Waals surface area (Å²) in [5.74, 6) is 0.319.